The van der Waals surface area contributed by atoms with Crippen molar-refractivity contribution in [2.24, 2.45) is 0 Å². The first kappa shape index (κ1) is 20.2. The smallest absolute Gasteiger partial charge is 0.210 e. The Morgan fingerprint density at radius 1 is 1.15 bits per heavy atom. The molecule has 0 spiro atoms. The lowest BCUT2D eigenvalue weighted by Gasteiger charge is -2.19. The van der Waals surface area contributed by atoms with E-state index in [1.807, 2.05) is 55.1 Å². The monoisotopic (exact) mass is 374 g/mol. The van der Waals surface area contributed by atoms with Gasteiger partial charge in [0.25, 0.3) is 0 Å². The lowest BCUT2D eigenvalue weighted by atomic mass is 10.2. The van der Waals surface area contributed by atoms with E-state index in [4.69, 9.17) is 16.3 Å². The van der Waals surface area contributed by atoms with Crippen LogP contribution in [0.3, 0.4) is 0 Å². The topological polar surface area (TPSA) is 42.4 Å². The number of hydrogen-bond donors (Lipinski definition) is 0. The third kappa shape index (κ3) is 5.46. The minimum Gasteiger partial charge on any atom is -0.485 e. The lowest BCUT2D eigenvalue weighted by molar-refractivity contribution is -0.120. The number of carbonyl (C=O) groups is 1. The summed E-state index contributed by atoms with van der Waals surface area (Å²) in [5, 5.41) is 0.637. The van der Waals surface area contributed by atoms with Gasteiger partial charge in [0.1, 0.15) is 12.4 Å². The van der Waals surface area contributed by atoms with Crippen molar-refractivity contribution < 1.29 is 9.53 Å². The molecular weight excluding hydrogens is 348 g/mol. The van der Waals surface area contributed by atoms with E-state index >= 15 is 0 Å². The molecule has 1 aliphatic heterocycles. The van der Waals surface area contributed by atoms with E-state index in [-0.39, 0.29) is 0 Å². The Morgan fingerprint density at radius 2 is 1.81 bits per heavy atom. The zero-order valence-electron chi connectivity index (χ0n) is 15.9. The second-order valence-electron chi connectivity index (χ2n) is 6.77. The molecule has 2 aromatic rings. The molecule has 0 saturated carbocycles. The number of benzene rings is 1. The molecule has 2 unspecified atom stereocenters. The van der Waals surface area contributed by atoms with Gasteiger partial charge in [-0.1, -0.05) is 29.8 Å². The fraction of sp³-hybridized carbons (Fsp3) is 0.429. The molecule has 0 radical (unpaired) electrons. The van der Waals surface area contributed by atoms with Gasteiger partial charge in [-0.15, -0.1) is 0 Å². The van der Waals surface area contributed by atoms with E-state index in [1.54, 1.807) is 0 Å². The summed E-state index contributed by atoms with van der Waals surface area (Å²) in [5.41, 5.74) is 2.93. The van der Waals surface area contributed by atoms with Crippen molar-refractivity contribution in [3.63, 3.8) is 0 Å². The van der Waals surface area contributed by atoms with Crippen LogP contribution in [0.15, 0.2) is 36.4 Å². The normalized spacial score (nSPS) is 18.9. The van der Waals surface area contributed by atoms with Gasteiger partial charge in [-0.25, -0.2) is 0 Å². The van der Waals surface area contributed by atoms with Gasteiger partial charge >= 0.3 is 0 Å². The Balaban J connectivity index is 0.000000228. The molecule has 26 heavy (non-hydrogen) atoms. The summed E-state index contributed by atoms with van der Waals surface area (Å²) in [4.78, 5) is 16.6. The first-order valence-corrected chi connectivity index (χ1v) is 9.33. The number of likely N-dealkylation sites (tertiary alicyclic amines) is 1. The average Bonchev–Trinajstić information content (AvgIpc) is 2.93. The summed E-state index contributed by atoms with van der Waals surface area (Å²) in [6.45, 7) is 8.57. The maximum absolute atomic E-state index is 10.4. The van der Waals surface area contributed by atoms with Crippen LogP contribution in [0.1, 0.15) is 43.6 Å². The quantitative estimate of drug-likeness (QED) is 0.711. The van der Waals surface area contributed by atoms with E-state index in [1.165, 1.54) is 12.8 Å². The highest BCUT2D eigenvalue weighted by Gasteiger charge is 2.24. The summed E-state index contributed by atoms with van der Waals surface area (Å²) in [6.07, 6.45) is 3.29. The van der Waals surface area contributed by atoms with Crippen molar-refractivity contribution in [1.82, 2.24) is 9.88 Å². The largest absolute Gasteiger partial charge is 0.485 e. The van der Waals surface area contributed by atoms with Crippen molar-refractivity contribution in [3.05, 3.63) is 58.4 Å². The molecule has 0 aliphatic carbocycles. The molecule has 1 aliphatic rings. The number of aromatic nitrogens is 1. The molecule has 1 saturated heterocycles. The van der Waals surface area contributed by atoms with E-state index in [0.29, 0.717) is 23.7 Å². The van der Waals surface area contributed by atoms with Crippen LogP contribution in [0.5, 0.6) is 5.75 Å². The molecule has 1 amide bonds. The fourth-order valence-electron chi connectivity index (χ4n) is 3.05. The minimum absolute atomic E-state index is 0.437. The van der Waals surface area contributed by atoms with E-state index < -0.39 is 0 Å². The predicted molar refractivity (Wildman–Crippen MR) is 106 cm³/mol. The molecule has 4 nitrogen and oxygen atoms in total. The SMILES string of the molecule is CC1CCC(C)N1C=O.Cc1cccc(COc2c(C)cccc2Cl)n1. The third-order valence-corrected chi connectivity index (χ3v) is 4.91. The van der Waals surface area contributed by atoms with Crippen LogP contribution in [0.4, 0.5) is 0 Å². The number of hydrogen-bond acceptors (Lipinski definition) is 3. The number of amides is 1. The highest BCUT2D eigenvalue weighted by Crippen LogP contribution is 2.28. The van der Waals surface area contributed by atoms with Gasteiger partial charge in [0.15, 0.2) is 0 Å². The van der Waals surface area contributed by atoms with Crippen LogP contribution in [0.25, 0.3) is 0 Å². The molecule has 3 rings (SSSR count). The fourth-order valence-corrected chi connectivity index (χ4v) is 3.32. The number of carbonyl (C=O) groups excluding carboxylic acids is 1. The van der Waals surface area contributed by atoms with Crippen molar-refractivity contribution >= 4 is 18.0 Å². The second-order valence-corrected chi connectivity index (χ2v) is 7.18. The lowest BCUT2D eigenvalue weighted by Crippen LogP contribution is -2.30. The van der Waals surface area contributed by atoms with Gasteiger partial charge in [0.2, 0.25) is 6.41 Å². The maximum atomic E-state index is 10.4. The molecule has 1 aromatic heterocycles. The molecule has 0 bridgehead atoms. The summed E-state index contributed by atoms with van der Waals surface area (Å²) in [6, 6.07) is 12.5. The highest BCUT2D eigenvalue weighted by molar-refractivity contribution is 6.32. The molecule has 5 heteroatoms. The zero-order valence-corrected chi connectivity index (χ0v) is 16.7. The van der Waals surface area contributed by atoms with Crippen molar-refractivity contribution in [3.8, 4) is 5.75 Å². The van der Waals surface area contributed by atoms with Crippen molar-refractivity contribution in [2.45, 2.75) is 59.2 Å². The van der Waals surface area contributed by atoms with Crippen LogP contribution in [-0.2, 0) is 11.4 Å². The Kier molecular flexibility index (Phi) is 7.46. The van der Waals surface area contributed by atoms with Crippen molar-refractivity contribution in [2.75, 3.05) is 0 Å². The second kappa shape index (κ2) is 9.58. The Morgan fingerprint density at radius 3 is 2.35 bits per heavy atom. The summed E-state index contributed by atoms with van der Waals surface area (Å²) in [7, 11) is 0. The molecule has 2 atom stereocenters. The van der Waals surface area contributed by atoms with Gasteiger partial charge in [0, 0.05) is 17.8 Å². The first-order chi connectivity index (χ1) is 12.4. The number of halogens is 1. The van der Waals surface area contributed by atoms with Crippen molar-refractivity contribution in [1.29, 1.82) is 0 Å². The third-order valence-electron chi connectivity index (χ3n) is 4.62. The highest BCUT2D eigenvalue weighted by atomic mass is 35.5. The zero-order chi connectivity index (χ0) is 19.1. The molecule has 2 heterocycles. The standard InChI is InChI=1S/C14H14ClNO.C7H13NO/c1-10-5-3-8-13(15)14(10)17-9-12-7-4-6-11(2)16-12;1-6-3-4-7(2)8(6)5-9/h3-8H,9H2,1-2H3;5-7H,3-4H2,1-2H3. The van der Waals surface area contributed by atoms with E-state index in [0.717, 1.165) is 29.1 Å². The molecule has 140 valence electrons. The Hall–Kier alpha value is -2.07. The minimum atomic E-state index is 0.437. The van der Waals surface area contributed by atoms with Gasteiger partial charge in [-0.3, -0.25) is 9.78 Å². The van der Waals surface area contributed by atoms with Gasteiger partial charge in [-0.05, 0) is 64.3 Å². The van der Waals surface area contributed by atoms with E-state index in [9.17, 15) is 4.79 Å². The molecular formula is C21H27ClN2O2. The molecule has 1 aromatic carbocycles. The van der Waals surface area contributed by atoms with Crippen LogP contribution in [-0.4, -0.2) is 28.4 Å². The van der Waals surface area contributed by atoms with Gasteiger partial charge < -0.3 is 9.64 Å². The number of ether oxygens (including phenoxy) is 1. The number of aryl methyl sites for hydroxylation is 2. The number of para-hydroxylation sites is 1. The Labute approximate surface area is 161 Å². The van der Waals surface area contributed by atoms with E-state index in [2.05, 4.69) is 18.8 Å². The van der Waals surface area contributed by atoms with Gasteiger partial charge in [0.05, 0.1) is 10.7 Å². The number of rotatable bonds is 4. The number of nitrogens with zero attached hydrogens (tertiary/aromatic N) is 2. The van der Waals surface area contributed by atoms with Crippen LogP contribution >= 0.6 is 11.6 Å². The summed E-state index contributed by atoms with van der Waals surface area (Å²) < 4.78 is 5.71. The predicted octanol–water partition coefficient (Wildman–Crippen LogP) is 4.95. The summed E-state index contributed by atoms with van der Waals surface area (Å²) >= 11 is 6.08. The first-order valence-electron chi connectivity index (χ1n) is 8.95. The van der Waals surface area contributed by atoms with Gasteiger partial charge in [-0.2, -0.15) is 0 Å². The number of pyridine rings is 1. The van der Waals surface area contributed by atoms with Crippen LogP contribution in [0.2, 0.25) is 5.02 Å². The Bertz CT molecular complexity index is 705. The molecule has 1 fully saturated rings. The maximum Gasteiger partial charge on any atom is 0.210 e. The van der Waals surface area contributed by atoms with Crippen LogP contribution in [0, 0.1) is 13.8 Å². The average molecular weight is 375 g/mol. The van der Waals surface area contributed by atoms with Crippen LogP contribution < -0.4 is 4.74 Å². The molecule has 0 N–H and O–H groups in total. The summed E-state index contributed by atoms with van der Waals surface area (Å²) in [5.74, 6) is 0.734.